The Morgan fingerprint density at radius 3 is 2.70 bits per heavy atom. The van der Waals surface area contributed by atoms with E-state index in [9.17, 15) is 4.79 Å². The number of benzene rings is 1. The lowest BCUT2D eigenvalue weighted by molar-refractivity contribution is -0.138. The summed E-state index contributed by atoms with van der Waals surface area (Å²) in [5.41, 5.74) is 7.14. The molecule has 0 aliphatic carbocycles. The van der Waals surface area contributed by atoms with Crippen LogP contribution in [0.2, 0.25) is 0 Å². The van der Waals surface area contributed by atoms with Crippen LogP contribution >= 0.6 is 0 Å². The molecule has 2 rings (SSSR count). The molecule has 20 heavy (non-hydrogen) atoms. The number of ether oxygens (including phenoxy) is 1. The molecule has 1 aromatic heterocycles. The number of para-hydroxylation sites is 1. The third kappa shape index (κ3) is 3.80. The van der Waals surface area contributed by atoms with Crippen molar-refractivity contribution in [3.8, 4) is 5.75 Å². The van der Waals surface area contributed by atoms with Gasteiger partial charge in [0.25, 0.3) is 0 Å². The molecule has 1 heterocycles. The van der Waals surface area contributed by atoms with Crippen LogP contribution in [-0.4, -0.2) is 22.1 Å². The molecule has 0 radical (unpaired) electrons. The monoisotopic (exact) mass is 272 g/mol. The zero-order valence-electron chi connectivity index (χ0n) is 10.9. The van der Waals surface area contributed by atoms with E-state index in [1.165, 1.54) is 0 Å². The van der Waals surface area contributed by atoms with Crippen molar-refractivity contribution < 1.29 is 14.6 Å². The van der Waals surface area contributed by atoms with Gasteiger partial charge in [-0.2, -0.15) is 0 Å². The summed E-state index contributed by atoms with van der Waals surface area (Å²) in [6.07, 6.45) is 1.93. The van der Waals surface area contributed by atoms with E-state index in [0.717, 1.165) is 11.3 Å². The van der Waals surface area contributed by atoms with Crippen molar-refractivity contribution >= 4 is 5.97 Å². The van der Waals surface area contributed by atoms with Crippen LogP contribution in [-0.2, 0) is 17.8 Å². The van der Waals surface area contributed by atoms with Crippen molar-refractivity contribution in [1.82, 2.24) is 4.98 Å². The van der Waals surface area contributed by atoms with Gasteiger partial charge >= 0.3 is 5.97 Å². The molecule has 1 aromatic carbocycles. The fraction of sp³-hybridized carbons (Fsp3) is 0.200. The van der Waals surface area contributed by atoms with Gasteiger partial charge in [0.2, 0.25) is 0 Å². The minimum atomic E-state index is -1.02. The van der Waals surface area contributed by atoms with Crippen LogP contribution < -0.4 is 10.5 Å². The van der Waals surface area contributed by atoms with E-state index >= 15 is 0 Å². The first-order chi connectivity index (χ1) is 9.66. The number of hydrogen-bond donors (Lipinski definition) is 2. The van der Waals surface area contributed by atoms with Gasteiger partial charge in [-0.15, -0.1) is 0 Å². The van der Waals surface area contributed by atoms with Gasteiger partial charge in [-0.05, 0) is 23.8 Å². The van der Waals surface area contributed by atoms with Gasteiger partial charge in [-0.1, -0.05) is 24.3 Å². The van der Waals surface area contributed by atoms with Crippen molar-refractivity contribution in [3.05, 3.63) is 59.9 Å². The van der Waals surface area contributed by atoms with Crippen LogP contribution in [0.3, 0.4) is 0 Å². The van der Waals surface area contributed by atoms with Crippen molar-refractivity contribution in [2.45, 2.75) is 19.1 Å². The predicted molar refractivity (Wildman–Crippen MR) is 74.3 cm³/mol. The molecule has 0 aliphatic heterocycles. The normalized spacial score (nSPS) is 11.8. The fourth-order valence-electron chi connectivity index (χ4n) is 1.77. The van der Waals surface area contributed by atoms with Crippen molar-refractivity contribution in [3.63, 3.8) is 0 Å². The van der Waals surface area contributed by atoms with E-state index in [0.29, 0.717) is 12.4 Å². The summed E-state index contributed by atoms with van der Waals surface area (Å²) in [5.74, 6) is -0.389. The molecule has 0 spiro atoms. The Balaban J connectivity index is 2.06. The number of pyridine rings is 1. The summed E-state index contributed by atoms with van der Waals surface area (Å²) < 4.78 is 5.69. The summed E-state index contributed by atoms with van der Waals surface area (Å²) in [6.45, 7) is 0.333. The smallest absolute Gasteiger partial charge is 0.320 e. The highest BCUT2D eigenvalue weighted by Gasteiger charge is 2.14. The standard InChI is InChI=1S/C15H16N2O3/c16-13(15(18)19)9-11-5-1-2-7-14(11)20-10-12-6-3-4-8-17-12/h1-8,13H,9-10,16H2,(H,18,19)/t13-/m1/s1. The van der Waals surface area contributed by atoms with Crippen molar-refractivity contribution in [2.24, 2.45) is 5.73 Å². The summed E-state index contributed by atoms with van der Waals surface area (Å²) in [4.78, 5) is 15.0. The summed E-state index contributed by atoms with van der Waals surface area (Å²) in [6, 6.07) is 11.9. The van der Waals surface area contributed by atoms with Gasteiger partial charge in [0.15, 0.2) is 0 Å². The average molecular weight is 272 g/mol. The Morgan fingerprint density at radius 1 is 1.25 bits per heavy atom. The number of carboxylic acid groups (broad SMARTS) is 1. The molecule has 2 aromatic rings. The molecule has 3 N–H and O–H groups in total. The van der Waals surface area contributed by atoms with E-state index in [1.54, 1.807) is 12.3 Å². The fourth-order valence-corrected chi connectivity index (χ4v) is 1.77. The number of nitrogens with zero attached hydrogens (tertiary/aromatic N) is 1. The number of aromatic nitrogens is 1. The van der Waals surface area contributed by atoms with E-state index in [-0.39, 0.29) is 6.42 Å². The lowest BCUT2D eigenvalue weighted by Crippen LogP contribution is -2.32. The minimum Gasteiger partial charge on any atom is -0.487 e. The Bertz CT molecular complexity index is 572. The Hall–Kier alpha value is -2.40. The van der Waals surface area contributed by atoms with Crippen molar-refractivity contribution in [2.75, 3.05) is 0 Å². The van der Waals surface area contributed by atoms with Crippen LogP contribution in [0.4, 0.5) is 0 Å². The van der Waals surface area contributed by atoms with E-state index in [2.05, 4.69) is 4.98 Å². The molecule has 0 amide bonds. The maximum absolute atomic E-state index is 10.8. The van der Waals surface area contributed by atoms with Gasteiger partial charge in [0.1, 0.15) is 18.4 Å². The number of carboxylic acids is 1. The lowest BCUT2D eigenvalue weighted by Gasteiger charge is -2.13. The molecule has 1 atom stereocenters. The predicted octanol–water partition coefficient (Wildman–Crippen LogP) is 1.62. The first-order valence-electron chi connectivity index (χ1n) is 6.26. The molecule has 0 bridgehead atoms. The van der Waals surface area contributed by atoms with Crippen LogP contribution in [0, 0.1) is 0 Å². The van der Waals surface area contributed by atoms with Crippen LogP contribution in [0.5, 0.6) is 5.75 Å². The Morgan fingerprint density at radius 2 is 2.00 bits per heavy atom. The highest BCUT2D eigenvalue weighted by molar-refractivity contribution is 5.73. The number of hydrogen-bond acceptors (Lipinski definition) is 4. The maximum atomic E-state index is 10.8. The van der Waals surface area contributed by atoms with E-state index in [1.807, 2.05) is 36.4 Å². The highest BCUT2D eigenvalue weighted by atomic mass is 16.5. The second kappa shape index (κ2) is 6.68. The van der Waals surface area contributed by atoms with Gasteiger partial charge in [-0.3, -0.25) is 9.78 Å². The first kappa shape index (κ1) is 14.0. The lowest BCUT2D eigenvalue weighted by atomic mass is 10.1. The molecule has 0 unspecified atom stereocenters. The number of aliphatic carboxylic acids is 1. The molecule has 104 valence electrons. The quantitative estimate of drug-likeness (QED) is 0.834. The molecule has 5 heteroatoms. The molecule has 0 saturated carbocycles. The third-order valence-electron chi connectivity index (χ3n) is 2.83. The summed E-state index contributed by atoms with van der Waals surface area (Å²) in [5, 5.41) is 8.87. The molecule has 0 aliphatic rings. The van der Waals surface area contributed by atoms with Gasteiger partial charge in [0, 0.05) is 12.6 Å². The maximum Gasteiger partial charge on any atom is 0.320 e. The summed E-state index contributed by atoms with van der Waals surface area (Å²) >= 11 is 0. The van der Waals surface area contributed by atoms with Crippen molar-refractivity contribution in [1.29, 1.82) is 0 Å². The Labute approximate surface area is 117 Å². The number of carbonyl (C=O) groups is 1. The molecular weight excluding hydrogens is 256 g/mol. The molecular formula is C15H16N2O3. The minimum absolute atomic E-state index is 0.230. The van der Waals surface area contributed by atoms with E-state index < -0.39 is 12.0 Å². The topological polar surface area (TPSA) is 85.4 Å². The van der Waals surface area contributed by atoms with Crippen LogP contribution in [0.15, 0.2) is 48.7 Å². The highest BCUT2D eigenvalue weighted by Crippen LogP contribution is 2.20. The SMILES string of the molecule is N[C@H](Cc1ccccc1OCc1ccccn1)C(=O)O. The largest absolute Gasteiger partial charge is 0.487 e. The number of rotatable bonds is 6. The van der Waals surface area contributed by atoms with E-state index in [4.69, 9.17) is 15.6 Å². The van der Waals surface area contributed by atoms with Gasteiger partial charge in [0.05, 0.1) is 5.69 Å². The molecule has 0 fully saturated rings. The first-order valence-corrected chi connectivity index (χ1v) is 6.26. The van der Waals surface area contributed by atoms with Gasteiger partial charge in [-0.25, -0.2) is 0 Å². The second-order valence-electron chi connectivity index (χ2n) is 4.37. The zero-order chi connectivity index (χ0) is 14.4. The average Bonchev–Trinajstić information content (AvgIpc) is 2.47. The Kier molecular flexibility index (Phi) is 4.68. The molecule has 5 nitrogen and oxygen atoms in total. The second-order valence-corrected chi connectivity index (χ2v) is 4.37. The van der Waals surface area contributed by atoms with Crippen LogP contribution in [0.25, 0.3) is 0 Å². The zero-order valence-corrected chi connectivity index (χ0v) is 10.9. The molecule has 0 saturated heterocycles. The number of nitrogens with two attached hydrogens (primary N) is 1. The summed E-state index contributed by atoms with van der Waals surface area (Å²) in [7, 11) is 0. The third-order valence-corrected chi connectivity index (χ3v) is 2.83. The van der Waals surface area contributed by atoms with Gasteiger partial charge < -0.3 is 15.6 Å². The van der Waals surface area contributed by atoms with Crippen LogP contribution in [0.1, 0.15) is 11.3 Å².